The van der Waals surface area contributed by atoms with Crippen LogP contribution in [-0.4, -0.2) is 31.9 Å². The monoisotopic (exact) mass is 218 g/mol. The van der Waals surface area contributed by atoms with Gasteiger partial charge in [-0.15, -0.1) is 0 Å². The molecule has 0 aromatic carbocycles. The van der Waals surface area contributed by atoms with E-state index in [1.165, 1.54) is 7.11 Å². The molecular formula is C7H15NaO4S. The summed E-state index contributed by atoms with van der Waals surface area (Å²) in [4.78, 5) is 0. The number of methoxy groups -OCH3 is 1. The summed E-state index contributed by atoms with van der Waals surface area (Å²) < 4.78 is 35.8. The molecule has 0 aromatic heterocycles. The molecule has 0 aliphatic carbocycles. The van der Waals surface area contributed by atoms with Crippen molar-refractivity contribution in [3.05, 3.63) is 0 Å². The molecule has 0 fully saturated rings. The molecule has 0 N–H and O–H groups in total. The standard InChI is InChI=1S/C7H16O4S.Na/c1-3-4-5-7(11-2)6-12(8,9)10;/h7H,3-6H2,1-2H3,(H,8,9,10);/q;+1/p-1. The summed E-state index contributed by atoms with van der Waals surface area (Å²) in [5.41, 5.74) is 0. The van der Waals surface area contributed by atoms with Crippen molar-refractivity contribution >= 4 is 10.1 Å². The maximum absolute atomic E-state index is 10.3. The summed E-state index contributed by atoms with van der Waals surface area (Å²) in [7, 11) is -2.72. The number of hydrogen-bond acceptors (Lipinski definition) is 4. The summed E-state index contributed by atoms with van der Waals surface area (Å²) in [6, 6.07) is 0. The zero-order chi connectivity index (χ0) is 9.61. The minimum atomic E-state index is -4.14. The third-order valence-electron chi connectivity index (χ3n) is 1.60. The summed E-state index contributed by atoms with van der Waals surface area (Å²) in [5, 5.41) is 0. The molecule has 4 nitrogen and oxygen atoms in total. The summed E-state index contributed by atoms with van der Waals surface area (Å²) in [5.74, 6) is -0.413. The van der Waals surface area contributed by atoms with Crippen molar-refractivity contribution in [1.82, 2.24) is 0 Å². The fourth-order valence-electron chi connectivity index (χ4n) is 0.929. The minimum Gasteiger partial charge on any atom is -0.748 e. The van der Waals surface area contributed by atoms with Crippen LogP contribution in [0.3, 0.4) is 0 Å². The molecule has 0 rings (SSSR count). The fourth-order valence-corrected chi connectivity index (χ4v) is 1.69. The van der Waals surface area contributed by atoms with Crippen LogP contribution in [0.25, 0.3) is 0 Å². The maximum Gasteiger partial charge on any atom is 1.00 e. The SMILES string of the molecule is CCCCC(CS(=O)(=O)[O-])OC.[Na+]. The van der Waals surface area contributed by atoms with Crippen molar-refractivity contribution in [2.45, 2.75) is 32.3 Å². The molecule has 0 heterocycles. The Hall–Kier alpha value is 0.870. The molecular weight excluding hydrogens is 203 g/mol. The van der Waals surface area contributed by atoms with Crippen LogP contribution in [-0.2, 0) is 14.9 Å². The van der Waals surface area contributed by atoms with Crippen molar-refractivity contribution in [3.8, 4) is 0 Å². The van der Waals surface area contributed by atoms with E-state index in [-0.39, 0.29) is 29.6 Å². The molecule has 0 saturated carbocycles. The first kappa shape index (κ1) is 16.3. The Labute approximate surface area is 102 Å². The van der Waals surface area contributed by atoms with Crippen LogP contribution in [0.1, 0.15) is 26.2 Å². The third kappa shape index (κ3) is 10.8. The molecule has 0 aromatic rings. The van der Waals surface area contributed by atoms with Gasteiger partial charge in [0.1, 0.15) is 0 Å². The van der Waals surface area contributed by atoms with Gasteiger partial charge in [0.25, 0.3) is 0 Å². The molecule has 13 heavy (non-hydrogen) atoms. The van der Waals surface area contributed by atoms with E-state index in [2.05, 4.69) is 0 Å². The van der Waals surface area contributed by atoms with Gasteiger partial charge in [0.05, 0.1) is 22.0 Å². The van der Waals surface area contributed by atoms with Crippen molar-refractivity contribution in [3.63, 3.8) is 0 Å². The van der Waals surface area contributed by atoms with Crippen molar-refractivity contribution in [2.75, 3.05) is 12.9 Å². The predicted octanol–water partition coefficient (Wildman–Crippen LogP) is -2.26. The van der Waals surface area contributed by atoms with Gasteiger partial charge in [-0.25, -0.2) is 8.42 Å². The van der Waals surface area contributed by atoms with E-state index in [1.54, 1.807) is 0 Å². The van der Waals surface area contributed by atoms with Crippen molar-refractivity contribution in [1.29, 1.82) is 0 Å². The first-order valence-corrected chi connectivity index (χ1v) is 5.53. The molecule has 0 saturated heterocycles. The summed E-state index contributed by atoms with van der Waals surface area (Å²) in [6.07, 6.45) is 2.05. The zero-order valence-electron chi connectivity index (χ0n) is 8.45. The molecule has 0 aliphatic rings. The first-order valence-electron chi connectivity index (χ1n) is 3.96. The molecule has 74 valence electrons. The first-order chi connectivity index (χ1) is 5.49. The average molecular weight is 218 g/mol. The van der Waals surface area contributed by atoms with Gasteiger partial charge in [0.2, 0.25) is 0 Å². The second kappa shape index (κ2) is 8.20. The zero-order valence-corrected chi connectivity index (χ0v) is 11.3. The molecule has 1 atom stereocenters. The normalized spacial score (nSPS) is 13.5. The molecule has 0 bridgehead atoms. The van der Waals surface area contributed by atoms with Crippen LogP contribution in [0.2, 0.25) is 0 Å². The molecule has 0 amide bonds. The number of unbranched alkanes of at least 4 members (excludes halogenated alkanes) is 1. The van der Waals surface area contributed by atoms with E-state index < -0.39 is 22.0 Å². The van der Waals surface area contributed by atoms with E-state index in [0.717, 1.165) is 12.8 Å². The largest absolute Gasteiger partial charge is 1.00 e. The molecule has 0 spiro atoms. The van der Waals surface area contributed by atoms with E-state index in [4.69, 9.17) is 4.74 Å². The quantitative estimate of drug-likeness (QED) is 0.373. The molecule has 0 aliphatic heterocycles. The minimum absolute atomic E-state index is 0. The van der Waals surface area contributed by atoms with Gasteiger partial charge in [0.15, 0.2) is 0 Å². The topological polar surface area (TPSA) is 66.4 Å². The van der Waals surface area contributed by atoms with Gasteiger partial charge in [-0.1, -0.05) is 19.8 Å². The maximum atomic E-state index is 10.3. The molecule has 6 heteroatoms. The second-order valence-electron chi connectivity index (χ2n) is 2.72. The molecule has 0 radical (unpaired) electrons. The number of ether oxygens (including phenoxy) is 1. The van der Waals surface area contributed by atoms with E-state index in [0.29, 0.717) is 6.42 Å². The fraction of sp³-hybridized carbons (Fsp3) is 1.00. The van der Waals surface area contributed by atoms with E-state index in [9.17, 15) is 13.0 Å². The predicted molar refractivity (Wildman–Crippen MR) is 44.9 cm³/mol. The van der Waals surface area contributed by atoms with E-state index >= 15 is 0 Å². The third-order valence-corrected chi connectivity index (χ3v) is 2.38. The van der Waals surface area contributed by atoms with Crippen LogP contribution in [0.4, 0.5) is 0 Å². The Morgan fingerprint density at radius 1 is 1.46 bits per heavy atom. The van der Waals surface area contributed by atoms with Crippen molar-refractivity contribution < 1.29 is 47.3 Å². The Balaban J connectivity index is 0. The Bertz CT molecular complexity index is 203. The van der Waals surface area contributed by atoms with Gasteiger partial charge in [-0.2, -0.15) is 0 Å². The van der Waals surface area contributed by atoms with Gasteiger partial charge in [0, 0.05) is 7.11 Å². The van der Waals surface area contributed by atoms with Gasteiger partial charge < -0.3 is 9.29 Å². The van der Waals surface area contributed by atoms with Gasteiger partial charge in [-0.05, 0) is 6.42 Å². The smallest absolute Gasteiger partial charge is 0.748 e. The summed E-state index contributed by atoms with van der Waals surface area (Å²) in [6.45, 7) is 2.00. The van der Waals surface area contributed by atoms with Gasteiger partial charge in [-0.3, -0.25) is 0 Å². The Morgan fingerprint density at radius 3 is 2.31 bits per heavy atom. The molecule has 1 unspecified atom stereocenters. The van der Waals surface area contributed by atoms with Crippen LogP contribution in [0.5, 0.6) is 0 Å². The number of hydrogen-bond donors (Lipinski definition) is 0. The van der Waals surface area contributed by atoms with Crippen LogP contribution in [0, 0.1) is 0 Å². The second-order valence-corrected chi connectivity index (χ2v) is 4.17. The van der Waals surface area contributed by atoms with Crippen LogP contribution >= 0.6 is 0 Å². The number of rotatable bonds is 6. The van der Waals surface area contributed by atoms with Gasteiger partial charge >= 0.3 is 29.6 Å². The van der Waals surface area contributed by atoms with Crippen LogP contribution in [0.15, 0.2) is 0 Å². The van der Waals surface area contributed by atoms with Crippen molar-refractivity contribution in [2.24, 2.45) is 0 Å². The van der Waals surface area contributed by atoms with E-state index in [1.807, 2.05) is 6.92 Å². The van der Waals surface area contributed by atoms with Crippen LogP contribution < -0.4 is 29.6 Å². The average Bonchev–Trinajstić information content (AvgIpc) is 1.95. The Kier molecular flexibility index (Phi) is 10.3. The summed E-state index contributed by atoms with van der Waals surface area (Å²) >= 11 is 0. The Morgan fingerprint density at radius 2 is 2.00 bits per heavy atom.